The van der Waals surface area contributed by atoms with E-state index in [0.29, 0.717) is 0 Å². The van der Waals surface area contributed by atoms with Crippen molar-refractivity contribution in [1.82, 2.24) is 0 Å². The van der Waals surface area contributed by atoms with Crippen LogP contribution in [-0.4, -0.2) is 11.2 Å². The summed E-state index contributed by atoms with van der Waals surface area (Å²) in [6.45, 7) is 2.17. The molecule has 82 valence electrons. The Hall–Kier alpha value is -0.810. The molecular formula is C13H19NO. The van der Waals surface area contributed by atoms with Gasteiger partial charge in [-0.3, -0.25) is 0 Å². The Labute approximate surface area is 91.6 Å². The van der Waals surface area contributed by atoms with Crippen molar-refractivity contribution in [3.63, 3.8) is 0 Å². The van der Waals surface area contributed by atoms with Gasteiger partial charge in [0.15, 0.2) is 0 Å². The zero-order valence-electron chi connectivity index (χ0n) is 9.37. The zero-order valence-corrected chi connectivity index (χ0v) is 9.37. The van der Waals surface area contributed by atoms with Gasteiger partial charge in [-0.15, -0.1) is 0 Å². The van der Waals surface area contributed by atoms with E-state index in [-0.39, 0.29) is 17.4 Å². The molecule has 0 amide bonds. The Morgan fingerprint density at radius 3 is 3.13 bits per heavy atom. The van der Waals surface area contributed by atoms with Gasteiger partial charge in [-0.2, -0.15) is 5.26 Å². The van der Waals surface area contributed by atoms with E-state index < -0.39 is 0 Å². The number of rotatable bonds is 3. The van der Waals surface area contributed by atoms with Crippen LogP contribution in [0.3, 0.4) is 0 Å². The van der Waals surface area contributed by atoms with Crippen LogP contribution in [0.2, 0.25) is 0 Å². The van der Waals surface area contributed by atoms with Gasteiger partial charge in [0, 0.05) is 5.92 Å². The minimum absolute atomic E-state index is 0.128. The van der Waals surface area contributed by atoms with Crippen LogP contribution in [0.15, 0.2) is 11.6 Å². The van der Waals surface area contributed by atoms with E-state index in [1.54, 1.807) is 0 Å². The van der Waals surface area contributed by atoms with Crippen LogP contribution in [0.25, 0.3) is 0 Å². The number of aliphatic hydroxyl groups excluding tert-OH is 1. The minimum atomic E-state index is -0.285. The molecule has 3 atom stereocenters. The normalized spacial score (nSPS) is 38.6. The standard InChI is InChI=1S/C13H19NO/c1-2-3-5-10-8-11-12(15)6-4-7-13(10,11)9-14/h8,11-12,15H,2-7H2,1H3. The number of nitrogens with zero attached hydrogens (tertiary/aromatic N) is 1. The van der Waals surface area contributed by atoms with Crippen LogP contribution in [0, 0.1) is 22.7 Å². The first kappa shape index (κ1) is 10.7. The van der Waals surface area contributed by atoms with E-state index in [1.165, 1.54) is 12.0 Å². The first-order valence-corrected chi connectivity index (χ1v) is 6.05. The second-order valence-electron chi connectivity index (χ2n) is 4.86. The van der Waals surface area contributed by atoms with Crippen molar-refractivity contribution in [3.8, 4) is 6.07 Å². The third kappa shape index (κ3) is 1.50. The SMILES string of the molecule is CCCCC1=CC2C(O)CCCC12C#N. The maximum Gasteiger partial charge on any atom is 0.0869 e. The smallest absolute Gasteiger partial charge is 0.0869 e. The van der Waals surface area contributed by atoms with Crippen LogP contribution in [0.5, 0.6) is 0 Å². The first-order valence-electron chi connectivity index (χ1n) is 6.05. The van der Waals surface area contributed by atoms with Crippen molar-refractivity contribution >= 4 is 0 Å². The van der Waals surface area contributed by atoms with Crippen molar-refractivity contribution in [2.24, 2.45) is 11.3 Å². The molecule has 2 aliphatic carbocycles. The topological polar surface area (TPSA) is 44.0 Å². The van der Waals surface area contributed by atoms with Crippen LogP contribution < -0.4 is 0 Å². The molecule has 0 aromatic carbocycles. The van der Waals surface area contributed by atoms with E-state index in [0.717, 1.165) is 32.1 Å². The van der Waals surface area contributed by atoms with Crippen molar-refractivity contribution in [2.45, 2.75) is 51.6 Å². The summed E-state index contributed by atoms with van der Waals surface area (Å²) >= 11 is 0. The lowest BCUT2D eigenvalue weighted by atomic mass is 9.53. The maximum absolute atomic E-state index is 9.84. The summed E-state index contributed by atoms with van der Waals surface area (Å²) in [6, 6.07) is 2.48. The quantitative estimate of drug-likeness (QED) is 0.720. The highest BCUT2D eigenvalue weighted by Crippen LogP contribution is 2.55. The van der Waals surface area contributed by atoms with Crippen LogP contribution in [-0.2, 0) is 0 Å². The summed E-state index contributed by atoms with van der Waals surface area (Å²) < 4.78 is 0. The summed E-state index contributed by atoms with van der Waals surface area (Å²) in [6.07, 6.45) is 8.09. The first-order chi connectivity index (χ1) is 7.24. The molecule has 2 nitrogen and oxygen atoms in total. The number of aliphatic hydroxyl groups is 1. The number of hydrogen-bond donors (Lipinski definition) is 1. The van der Waals surface area contributed by atoms with Crippen molar-refractivity contribution < 1.29 is 5.11 Å². The lowest BCUT2D eigenvalue weighted by molar-refractivity contribution is 0.0224. The molecule has 1 N–H and O–H groups in total. The third-order valence-electron chi connectivity index (χ3n) is 4.01. The van der Waals surface area contributed by atoms with Gasteiger partial charge in [-0.05, 0) is 32.1 Å². The summed E-state index contributed by atoms with van der Waals surface area (Å²) in [5, 5.41) is 19.2. The van der Waals surface area contributed by atoms with E-state index in [9.17, 15) is 10.4 Å². The fourth-order valence-corrected chi connectivity index (χ4v) is 3.04. The van der Waals surface area contributed by atoms with E-state index in [4.69, 9.17) is 0 Å². The fourth-order valence-electron chi connectivity index (χ4n) is 3.04. The van der Waals surface area contributed by atoms with Crippen LogP contribution in [0.4, 0.5) is 0 Å². The number of fused-ring (bicyclic) bond motifs is 1. The fraction of sp³-hybridized carbons (Fsp3) is 0.769. The van der Waals surface area contributed by atoms with Crippen LogP contribution in [0.1, 0.15) is 45.4 Å². The van der Waals surface area contributed by atoms with E-state index >= 15 is 0 Å². The van der Waals surface area contributed by atoms with Crippen molar-refractivity contribution in [3.05, 3.63) is 11.6 Å². The lowest BCUT2D eigenvalue weighted by Crippen LogP contribution is -2.47. The molecule has 2 aliphatic rings. The Morgan fingerprint density at radius 2 is 2.47 bits per heavy atom. The molecule has 0 aromatic heterocycles. The molecule has 0 aromatic rings. The number of unbranched alkanes of at least 4 members (excludes halogenated alkanes) is 1. The van der Waals surface area contributed by atoms with E-state index in [2.05, 4.69) is 19.1 Å². The Kier molecular flexibility index (Phi) is 2.84. The molecule has 2 rings (SSSR count). The molecule has 3 unspecified atom stereocenters. The molecule has 0 spiro atoms. The number of hydrogen-bond acceptors (Lipinski definition) is 2. The summed E-state index contributed by atoms with van der Waals surface area (Å²) in [5.41, 5.74) is 1.02. The molecule has 0 aliphatic heterocycles. The summed E-state index contributed by atoms with van der Waals surface area (Å²) in [4.78, 5) is 0. The molecular weight excluding hydrogens is 186 g/mol. The second kappa shape index (κ2) is 3.98. The van der Waals surface area contributed by atoms with Gasteiger partial charge < -0.3 is 5.11 Å². The Balaban J connectivity index is 2.14. The van der Waals surface area contributed by atoms with Gasteiger partial charge in [-0.1, -0.05) is 25.0 Å². The summed E-state index contributed by atoms with van der Waals surface area (Å²) in [5.74, 6) is 0.128. The molecule has 2 heteroatoms. The highest BCUT2D eigenvalue weighted by Gasteiger charge is 2.52. The minimum Gasteiger partial charge on any atom is -0.392 e. The monoisotopic (exact) mass is 205 g/mol. The largest absolute Gasteiger partial charge is 0.392 e. The number of allylic oxidation sites excluding steroid dienone is 1. The average Bonchev–Trinajstić information content (AvgIpc) is 2.22. The average molecular weight is 205 g/mol. The molecule has 0 bridgehead atoms. The maximum atomic E-state index is 9.84. The highest BCUT2D eigenvalue weighted by atomic mass is 16.3. The zero-order chi connectivity index (χ0) is 10.9. The molecule has 1 fully saturated rings. The van der Waals surface area contributed by atoms with Gasteiger partial charge in [0.25, 0.3) is 0 Å². The molecule has 0 radical (unpaired) electrons. The van der Waals surface area contributed by atoms with Gasteiger partial charge in [0.1, 0.15) is 0 Å². The van der Waals surface area contributed by atoms with E-state index in [1.807, 2.05) is 0 Å². The Morgan fingerprint density at radius 1 is 1.67 bits per heavy atom. The van der Waals surface area contributed by atoms with Gasteiger partial charge in [0.2, 0.25) is 0 Å². The predicted octanol–water partition coefficient (Wildman–Crippen LogP) is 2.79. The molecule has 0 saturated heterocycles. The van der Waals surface area contributed by atoms with Crippen LogP contribution >= 0.6 is 0 Å². The van der Waals surface area contributed by atoms with Gasteiger partial charge in [0.05, 0.1) is 17.6 Å². The Bertz CT molecular complexity index is 315. The predicted molar refractivity (Wildman–Crippen MR) is 59.0 cm³/mol. The summed E-state index contributed by atoms with van der Waals surface area (Å²) in [7, 11) is 0. The highest BCUT2D eigenvalue weighted by molar-refractivity contribution is 5.39. The second-order valence-corrected chi connectivity index (χ2v) is 4.86. The molecule has 15 heavy (non-hydrogen) atoms. The third-order valence-corrected chi connectivity index (χ3v) is 4.01. The number of nitriles is 1. The van der Waals surface area contributed by atoms with Crippen molar-refractivity contribution in [2.75, 3.05) is 0 Å². The molecule has 0 heterocycles. The lowest BCUT2D eigenvalue weighted by Gasteiger charge is -2.49. The van der Waals surface area contributed by atoms with Gasteiger partial charge >= 0.3 is 0 Å². The van der Waals surface area contributed by atoms with Gasteiger partial charge in [-0.25, -0.2) is 0 Å². The molecule has 1 saturated carbocycles. The van der Waals surface area contributed by atoms with Crippen molar-refractivity contribution in [1.29, 1.82) is 5.26 Å².